The highest BCUT2D eigenvalue weighted by Gasteiger charge is 2.41. The molecule has 0 heterocycles. The van der Waals surface area contributed by atoms with E-state index in [0.717, 1.165) is 40.9 Å². The van der Waals surface area contributed by atoms with Gasteiger partial charge in [-0.05, 0) is 92.3 Å². The van der Waals surface area contributed by atoms with Crippen LogP contribution in [0.4, 0.5) is 0 Å². The highest BCUT2D eigenvalue weighted by Crippen LogP contribution is 2.54. The minimum Gasteiger partial charge on any atom is -0.0628 e. The standard InChI is InChI=1S/2C12H24/c1-9(2)7-11-5-6-12(11)8-10(3)4;1-10(2)5-6-12(7-8-12)9-11(3)4/h9-12H,5-8H2,1-4H3;10-11H,5-9H2,1-4H3. The summed E-state index contributed by atoms with van der Waals surface area (Å²) < 4.78 is 0. The Morgan fingerprint density at radius 3 is 1.38 bits per heavy atom. The van der Waals surface area contributed by atoms with Crippen molar-refractivity contribution in [3.05, 3.63) is 0 Å². The van der Waals surface area contributed by atoms with Crippen LogP contribution in [0.25, 0.3) is 0 Å². The Morgan fingerprint density at radius 2 is 1.12 bits per heavy atom. The van der Waals surface area contributed by atoms with Crippen molar-refractivity contribution >= 4 is 0 Å². The normalized spacial score (nSPS) is 25.0. The summed E-state index contributed by atoms with van der Waals surface area (Å²) in [7, 11) is 0. The van der Waals surface area contributed by atoms with Crippen LogP contribution in [0.2, 0.25) is 0 Å². The predicted molar refractivity (Wildman–Crippen MR) is 110 cm³/mol. The van der Waals surface area contributed by atoms with Gasteiger partial charge in [-0.25, -0.2) is 0 Å². The lowest BCUT2D eigenvalue weighted by molar-refractivity contribution is 0.123. The van der Waals surface area contributed by atoms with Crippen LogP contribution in [-0.4, -0.2) is 0 Å². The van der Waals surface area contributed by atoms with E-state index >= 15 is 0 Å². The van der Waals surface area contributed by atoms with Crippen LogP contribution in [0.5, 0.6) is 0 Å². The van der Waals surface area contributed by atoms with Crippen molar-refractivity contribution < 1.29 is 0 Å². The Bertz CT molecular complexity index is 303. The van der Waals surface area contributed by atoms with Gasteiger partial charge in [0.15, 0.2) is 0 Å². The van der Waals surface area contributed by atoms with E-state index in [4.69, 9.17) is 0 Å². The molecule has 24 heavy (non-hydrogen) atoms. The second kappa shape index (κ2) is 10.2. The van der Waals surface area contributed by atoms with Crippen LogP contribution in [0.3, 0.4) is 0 Å². The van der Waals surface area contributed by atoms with E-state index in [0.29, 0.717) is 0 Å². The second-order valence-corrected chi connectivity index (χ2v) is 10.9. The van der Waals surface area contributed by atoms with Crippen LogP contribution in [0, 0.1) is 40.9 Å². The highest BCUT2D eigenvalue weighted by atomic mass is 14.5. The minimum absolute atomic E-state index is 0.804. The zero-order valence-electron chi connectivity index (χ0n) is 18.3. The third-order valence-electron chi connectivity index (χ3n) is 6.17. The van der Waals surface area contributed by atoms with Crippen molar-refractivity contribution in [1.82, 2.24) is 0 Å². The van der Waals surface area contributed by atoms with Crippen LogP contribution in [0.15, 0.2) is 0 Å². The van der Waals surface area contributed by atoms with E-state index in [1.807, 2.05) is 0 Å². The van der Waals surface area contributed by atoms with Gasteiger partial charge in [-0.2, -0.15) is 0 Å². The van der Waals surface area contributed by atoms with Crippen LogP contribution < -0.4 is 0 Å². The molecule has 0 spiro atoms. The topological polar surface area (TPSA) is 0 Å². The Balaban J connectivity index is 0.000000240. The molecule has 2 rings (SSSR count). The molecular weight excluding hydrogens is 288 g/mol. The van der Waals surface area contributed by atoms with E-state index in [2.05, 4.69) is 55.4 Å². The van der Waals surface area contributed by atoms with Gasteiger partial charge in [0.25, 0.3) is 0 Å². The van der Waals surface area contributed by atoms with Crippen molar-refractivity contribution in [3.63, 3.8) is 0 Å². The molecule has 0 aromatic rings. The van der Waals surface area contributed by atoms with Crippen molar-refractivity contribution in [3.8, 4) is 0 Å². The van der Waals surface area contributed by atoms with Gasteiger partial charge in [-0.3, -0.25) is 0 Å². The molecule has 0 heteroatoms. The molecule has 2 atom stereocenters. The molecule has 2 fully saturated rings. The van der Waals surface area contributed by atoms with Gasteiger partial charge in [0.1, 0.15) is 0 Å². The van der Waals surface area contributed by atoms with Gasteiger partial charge in [-0.1, -0.05) is 61.8 Å². The molecule has 144 valence electrons. The lowest BCUT2D eigenvalue weighted by atomic mass is 9.67. The van der Waals surface area contributed by atoms with Crippen molar-refractivity contribution in [2.75, 3.05) is 0 Å². The first-order chi connectivity index (χ1) is 11.1. The maximum absolute atomic E-state index is 2.36. The molecule has 0 aromatic heterocycles. The first-order valence-corrected chi connectivity index (χ1v) is 11.1. The molecule has 0 bridgehead atoms. The van der Waals surface area contributed by atoms with Crippen LogP contribution in [0.1, 0.15) is 113 Å². The lowest BCUT2D eigenvalue weighted by Gasteiger charge is -2.39. The first kappa shape index (κ1) is 22.0. The predicted octanol–water partition coefficient (Wildman–Crippen LogP) is 8.35. The summed E-state index contributed by atoms with van der Waals surface area (Å²) in [5.74, 6) is 5.77. The maximum Gasteiger partial charge on any atom is -0.0295 e. The smallest absolute Gasteiger partial charge is 0.0295 e. The fourth-order valence-electron chi connectivity index (χ4n) is 4.66. The van der Waals surface area contributed by atoms with Gasteiger partial charge < -0.3 is 0 Å². The largest absolute Gasteiger partial charge is 0.0628 e. The Hall–Kier alpha value is 0. The van der Waals surface area contributed by atoms with E-state index in [-0.39, 0.29) is 0 Å². The van der Waals surface area contributed by atoms with E-state index in [9.17, 15) is 0 Å². The summed E-state index contributed by atoms with van der Waals surface area (Å²) in [6.45, 7) is 18.8. The van der Waals surface area contributed by atoms with E-state index < -0.39 is 0 Å². The lowest BCUT2D eigenvalue weighted by Crippen LogP contribution is -2.28. The summed E-state index contributed by atoms with van der Waals surface area (Å²) in [5.41, 5.74) is 0.804. The Kier molecular flexibility index (Phi) is 9.39. The van der Waals surface area contributed by atoms with Crippen LogP contribution in [-0.2, 0) is 0 Å². The number of hydrogen-bond acceptors (Lipinski definition) is 0. The minimum atomic E-state index is 0.804. The van der Waals surface area contributed by atoms with Crippen molar-refractivity contribution in [2.45, 2.75) is 113 Å². The van der Waals surface area contributed by atoms with E-state index in [1.54, 1.807) is 0 Å². The quantitative estimate of drug-likeness (QED) is 0.397. The molecule has 0 aliphatic heterocycles. The maximum atomic E-state index is 2.36. The Labute approximate surface area is 154 Å². The van der Waals surface area contributed by atoms with E-state index in [1.165, 1.54) is 57.8 Å². The summed E-state index contributed by atoms with van der Waals surface area (Å²) in [6.07, 6.45) is 13.4. The monoisotopic (exact) mass is 336 g/mol. The fourth-order valence-corrected chi connectivity index (χ4v) is 4.66. The van der Waals surface area contributed by atoms with Gasteiger partial charge in [0.05, 0.1) is 0 Å². The molecule has 0 N–H and O–H groups in total. The second-order valence-electron chi connectivity index (χ2n) is 10.9. The van der Waals surface area contributed by atoms with Gasteiger partial charge >= 0.3 is 0 Å². The average Bonchev–Trinajstić information content (AvgIpc) is 3.19. The summed E-state index contributed by atoms with van der Waals surface area (Å²) in [4.78, 5) is 0. The molecule has 2 aliphatic carbocycles. The van der Waals surface area contributed by atoms with Gasteiger partial charge in [0.2, 0.25) is 0 Å². The number of rotatable bonds is 9. The third-order valence-corrected chi connectivity index (χ3v) is 6.17. The van der Waals surface area contributed by atoms with Crippen molar-refractivity contribution in [2.24, 2.45) is 40.9 Å². The fraction of sp³-hybridized carbons (Fsp3) is 1.00. The summed E-state index contributed by atoms with van der Waals surface area (Å²) >= 11 is 0. The van der Waals surface area contributed by atoms with Crippen LogP contribution >= 0.6 is 0 Å². The van der Waals surface area contributed by atoms with Crippen molar-refractivity contribution in [1.29, 1.82) is 0 Å². The number of hydrogen-bond donors (Lipinski definition) is 0. The molecule has 0 radical (unpaired) electrons. The zero-order valence-corrected chi connectivity index (χ0v) is 18.3. The molecule has 0 aromatic carbocycles. The first-order valence-electron chi connectivity index (χ1n) is 11.1. The molecule has 2 saturated carbocycles. The summed E-state index contributed by atoms with van der Waals surface area (Å²) in [6, 6.07) is 0. The molecule has 2 unspecified atom stereocenters. The molecule has 2 aliphatic rings. The zero-order chi connectivity index (χ0) is 18.3. The molecule has 0 saturated heterocycles. The van der Waals surface area contributed by atoms with Gasteiger partial charge in [-0.15, -0.1) is 0 Å². The molecule has 0 nitrogen and oxygen atoms in total. The third kappa shape index (κ3) is 8.91. The highest BCUT2D eigenvalue weighted by molar-refractivity contribution is 4.93. The molecular formula is C24H48. The molecule has 0 amide bonds. The summed E-state index contributed by atoms with van der Waals surface area (Å²) in [5, 5.41) is 0. The average molecular weight is 337 g/mol. The SMILES string of the molecule is CC(C)CC1CCC1CC(C)C.CC(C)CCC1(CC(C)C)CC1. The Morgan fingerprint density at radius 1 is 0.667 bits per heavy atom. The van der Waals surface area contributed by atoms with Gasteiger partial charge in [0, 0.05) is 0 Å².